The first-order chi connectivity index (χ1) is 12.1. The lowest BCUT2D eigenvalue weighted by Gasteiger charge is -2.33. The van der Waals surface area contributed by atoms with E-state index >= 15 is 0 Å². The third-order valence-electron chi connectivity index (χ3n) is 5.12. The van der Waals surface area contributed by atoms with Crippen LogP contribution in [0.15, 0.2) is 18.5 Å². The van der Waals surface area contributed by atoms with Crippen molar-refractivity contribution in [1.29, 1.82) is 0 Å². The van der Waals surface area contributed by atoms with Crippen molar-refractivity contribution in [1.82, 2.24) is 24.8 Å². The van der Waals surface area contributed by atoms with E-state index in [1.54, 1.807) is 12.4 Å². The monoisotopic (exact) mass is 341 g/mol. The molecule has 0 spiro atoms. The average Bonchev–Trinajstić information content (AvgIpc) is 3.17. The average molecular weight is 341 g/mol. The predicted molar refractivity (Wildman–Crippen MR) is 97.0 cm³/mol. The Kier molecular flexibility index (Phi) is 5.46. The van der Waals surface area contributed by atoms with Gasteiger partial charge in [0.15, 0.2) is 5.82 Å². The van der Waals surface area contributed by atoms with Gasteiger partial charge in [-0.25, -0.2) is 15.0 Å². The van der Waals surface area contributed by atoms with Crippen LogP contribution in [0.5, 0.6) is 0 Å². The molecule has 25 heavy (non-hydrogen) atoms. The number of piperidine rings is 1. The van der Waals surface area contributed by atoms with Gasteiger partial charge in [-0.3, -0.25) is 4.79 Å². The third kappa shape index (κ3) is 3.89. The van der Waals surface area contributed by atoms with Gasteiger partial charge in [0.25, 0.3) is 0 Å². The van der Waals surface area contributed by atoms with Crippen LogP contribution in [0.3, 0.4) is 0 Å². The number of aryl methyl sites for hydroxylation is 1. The second-order valence-electron chi connectivity index (χ2n) is 6.80. The van der Waals surface area contributed by atoms with Crippen molar-refractivity contribution in [2.24, 2.45) is 5.92 Å². The normalized spacial score (nSPS) is 15.8. The van der Waals surface area contributed by atoms with Crippen molar-refractivity contribution in [3.63, 3.8) is 0 Å². The second kappa shape index (κ2) is 7.76. The van der Waals surface area contributed by atoms with Gasteiger partial charge in [0.05, 0.1) is 0 Å². The van der Waals surface area contributed by atoms with Crippen LogP contribution in [0.25, 0.3) is 11.5 Å². The number of carbonyl (C=O) groups excluding carboxylic acids is 1. The summed E-state index contributed by atoms with van der Waals surface area (Å²) in [6, 6.07) is 1.95. The Balaban J connectivity index is 1.70. The fourth-order valence-electron chi connectivity index (χ4n) is 3.55. The van der Waals surface area contributed by atoms with Crippen LogP contribution in [-0.4, -0.2) is 43.8 Å². The van der Waals surface area contributed by atoms with Gasteiger partial charge in [0, 0.05) is 43.0 Å². The van der Waals surface area contributed by atoms with E-state index in [1.165, 1.54) is 0 Å². The molecule has 6 heteroatoms. The molecule has 3 rings (SSSR count). The number of imidazole rings is 1. The maximum Gasteiger partial charge on any atom is 0.225 e. The minimum atomic E-state index is 0.164. The van der Waals surface area contributed by atoms with Crippen LogP contribution in [0.2, 0.25) is 0 Å². The molecule has 1 fully saturated rings. The highest BCUT2D eigenvalue weighted by Crippen LogP contribution is 2.28. The number of rotatable bonds is 5. The van der Waals surface area contributed by atoms with Crippen molar-refractivity contribution in [2.45, 2.75) is 52.4 Å². The molecule has 1 aliphatic rings. The number of H-pyrrole nitrogens is 1. The van der Waals surface area contributed by atoms with Crippen LogP contribution in [0, 0.1) is 12.8 Å². The quantitative estimate of drug-likeness (QED) is 0.905. The van der Waals surface area contributed by atoms with Crippen LogP contribution in [0.4, 0.5) is 0 Å². The Labute approximate surface area is 149 Å². The van der Waals surface area contributed by atoms with Crippen LogP contribution in [-0.2, 0) is 4.79 Å². The summed E-state index contributed by atoms with van der Waals surface area (Å²) in [5, 5.41) is 0. The van der Waals surface area contributed by atoms with Gasteiger partial charge in [-0.05, 0) is 38.7 Å². The molecule has 1 aliphatic heterocycles. The molecule has 0 atom stereocenters. The molecule has 1 N–H and O–H groups in total. The predicted octanol–water partition coefficient (Wildman–Crippen LogP) is 3.32. The highest BCUT2D eigenvalue weighted by atomic mass is 16.2. The maximum absolute atomic E-state index is 12.5. The van der Waals surface area contributed by atoms with Crippen LogP contribution >= 0.6 is 0 Å². The van der Waals surface area contributed by atoms with E-state index in [0.29, 0.717) is 11.8 Å². The molecule has 0 aliphatic carbocycles. The van der Waals surface area contributed by atoms with Gasteiger partial charge in [0.2, 0.25) is 5.91 Å². The Morgan fingerprint density at radius 3 is 2.60 bits per heavy atom. The highest BCUT2D eigenvalue weighted by molar-refractivity contribution is 5.78. The molecule has 0 bridgehead atoms. The van der Waals surface area contributed by atoms with Gasteiger partial charge >= 0.3 is 0 Å². The number of hydrogen-bond donors (Lipinski definition) is 1. The molecule has 1 amide bonds. The van der Waals surface area contributed by atoms with Gasteiger partial charge in [0.1, 0.15) is 11.5 Å². The Morgan fingerprint density at radius 1 is 1.28 bits per heavy atom. The molecule has 2 aromatic heterocycles. The first kappa shape index (κ1) is 17.6. The van der Waals surface area contributed by atoms with E-state index in [9.17, 15) is 4.79 Å². The number of aromatic nitrogens is 4. The molecule has 3 heterocycles. The summed E-state index contributed by atoms with van der Waals surface area (Å²) in [6.45, 7) is 7.77. The number of hydrogen-bond acceptors (Lipinski definition) is 4. The molecule has 0 unspecified atom stereocenters. The van der Waals surface area contributed by atoms with E-state index in [4.69, 9.17) is 4.98 Å². The fraction of sp³-hybridized carbons (Fsp3) is 0.579. The molecule has 1 saturated heterocycles. The van der Waals surface area contributed by atoms with Crippen molar-refractivity contribution >= 4 is 5.91 Å². The lowest BCUT2D eigenvalue weighted by atomic mass is 9.93. The van der Waals surface area contributed by atoms with Gasteiger partial charge < -0.3 is 9.88 Å². The lowest BCUT2D eigenvalue weighted by Crippen LogP contribution is -2.41. The van der Waals surface area contributed by atoms with E-state index < -0.39 is 0 Å². The zero-order chi connectivity index (χ0) is 17.8. The first-order valence-electron chi connectivity index (χ1n) is 9.26. The lowest BCUT2D eigenvalue weighted by molar-refractivity contribution is -0.136. The summed E-state index contributed by atoms with van der Waals surface area (Å²) in [7, 11) is 0. The maximum atomic E-state index is 12.5. The highest BCUT2D eigenvalue weighted by Gasteiger charge is 2.28. The number of likely N-dealkylation sites (tertiary alicyclic amines) is 1. The Morgan fingerprint density at radius 2 is 2.00 bits per heavy atom. The number of aromatic amines is 1. The minimum absolute atomic E-state index is 0.164. The molecule has 0 aromatic carbocycles. The molecular formula is C19H27N5O. The number of nitrogens with one attached hydrogen (secondary N) is 1. The number of carbonyl (C=O) groups is 1. The summed E-state index contributed by atoms with van der Waals surface area (Å²) in [6.07, 6.45) is 7.22. The van der Waals surface area contributed by atoms with E-state index in [-0.39, 0.29) is 5.92 Å². The molecule has 0 saturated carbocycles. The van der Waals surface area contributed by atoms with Crippen molar-refractivity contribution in [3.05, 3.63) is 30.0 Å². The van der Waals surface area contributed by atoms with Gasteiger partial charge in [-0.1, -0.05) is 13.8 Å². The van der Waals surface area contributed by atoms with Gasteiger partial charge in [-0.2, -0.15) is 0 Å². The van der Waals surface area contributed by atoms with Crippen molar-refractivity contribution in [2.75, 3.05) is 13.1 Å². The summed E-state index contributed by atoms with van der Waals surface area (Å²) < 4.78 is 0. The fourth-order valence-corrected chi connectivity index (χ4v) is 3.55. The van der Waals surface area contributed by atoms with E-state index in [2.05, 4.69) is 28.8 Å². The zero-order valence-electron chi connectivity index (χ0n) is 15.3. The topological polar surface area (TPSA) is 74.8 Å². The van der Waals surface area contributed by atoms with Crippen LogP contribution in [0.1, 0.15) is 57.0 Å². The summed E-state index contributed by atoms with van der Waals surface area (Å²) in [5.41, 5.74) is 1.79. The summed E-state index contributed by atoms with van der Waals surface area (Å²) >= 11 is 0. The molecule has 2 aromatic rings. The summed E-state index contributed by atoms with van der Waals surface area (Å²) in [5.74, 6) is 2.43. The smallest absolute Gasteiger partial charge is 0.225 e. The standard InChI is InChI=1S/C19H27N5O/c1-4-14(5-2)19(25)24-10-6-15(7-11-24)17-22-13(3)12-16(23-17)18-20-8-9-21-18/h8-9,12,14-15H,4-7,10-11H2,1-3H3,(H,20,21). The molecule has 6 nitrogen and oxygen atoms in total. The van der Waals surface area contributed by atoms with Crippen molar-refractivity contribution < 1.29 is 4.79 Å². The SMILES string of the molecule is CCC(CC)C(=O)N1CCC(c2nc(C)cc(-c3ncc[nH]3)n2)CC1. The van der Waals surface area contributed by atoms with Crippen LogP contribution < -0.4 is 0 Å². The van der Waals surface area contributed by atoms with Gasteiger partial charge in [-0.15, -0.1) is 0 Å². The second-order valence-corrected chi connectivity index (χ2v) is 6.80. The third-order valence-corrected chi connectivity index (χ3v) is 5.12. The van der Waals surface area contributed by atoms with Crippen molar-refractivity contribution in [3.8, 4) is 11.5 Å². The van der Waals surface area contributed by atoms with E-state index in [0.717, 1.165) is 61.8 Å². The zero-order valence-corrected chi connectivity index (χ0v) is 15.3. The molecule has 0 radical (unpaired) electrons. The number of nitrogens with zero attached hydrogens (tertiary/aromatic N) is 4. The summed E-state index contributed by atoms with van der Waals surface area (Å²) in [4.78, 5) is 31.3. The number of amides is 1. The largest absolute Gasteiger partial charge is 0.343 e. The molecule has 134 valence electrons. The Hall–Kier alpha value is -2.24. The first-order valence-corrected chi connectivity index (χ1v) is 9.26. The molecular weight excluding hydrogens is 314 g/mol. The Bertz CT molecular complexity index is 701. The van der Waals surface area contributed by atoms with E-state index in [1.807, 2.05) is 17.9 Å². The minimum Gasteiger partial charge on any atom is -0.343 e.